The van der Waals surface area contributed by atoms with E-state index >= 15 is 0 Å². The lowest BCUT2D eigenvalue weighted by Gasteiger charge is -2.08. The van der Waals surface area contributed by atoms with Crippen molar-refractivity contribution in [3.8, 4) is 0 Å². The Labute approximate surface area is 103 Å². The molecule has 0 aliphatic rings. The van der Waals surface area contributed by atoms with E-state index in [1.165, 1.54) is 20.4 Å². The molecule has 0 radical (unpaired) electrons. The number of aromatic amines is 1. The van der Waals surface area contributed by atoms with Crippen LogP contribution >= 0.6 is 22.6 Å². The molecule has 3 heteroatoms. The Morgan fingerprint density at radius 2 is 2.20 bits per heavy atom. The molecule has 2 aromatic rings. The SMILES string of the molecule is Cc1cc(I)ccc1NCc1cc[nH]c1. The van der Waals surface area contributed by atoms with Crippen LogP contribution in [0.4, 0.5) is 5.69 Å². The fourth-order valence-corrected chi connectivity index (χ4v) is 2.14. The van der Waals surface area contributed by atoms with Crippen LogP contribution in [0, 0.1) is 10.5 Å². The molecule has 0 saturated heterocycles. The van der Waals surface area contributed by atoms with Crippen molar-refractivity contribution in [1.29, 1.82) is 0 Å². The van der Waals surface area contributed by atoms with Crippen LogP contribution in [0.2, 0.25) is 0 Å². The maximum atomic E-state index is 3.42. The molecule has 2 N–H and O–H groups in total. The summed E-state index contributed by atoms with van der Waals surface area (Å²) in [6, 6.07) is 8.51. The summed E-state index contributed by atoms with van der Waals surface area (Å²) >= 11 is 2.33. The van der Waals surface area contributed by atoms with Crippen LogP contribution in [0.1, 0.15) is 11.1 Å². The van der Waals surface area contributed by atoms with Crippen molar-refractivity contribution in [3.63, 3.8) is 0 Å². The lowest BCUT2D eigenvalue weighted by molar-refractivity contribution is 1.14. The van der Waals surface area contributed by atoms with Crippen molar-refractivity contribution in [2.24, 2.45) is 0 Å². The van der Waals surface area contributed by atoms with E-state index in [0.717, 1.165) is 6.54 Å². The lowest BCUT2D eigenvalue weighted by atomic mass is 10.2. The molecular formula is C12H13IN2. The van der Waals surface area contributed by atoms with E-state index in [2.05, 4.69) is 64.1 Å². The molecule has 0 aliphatic carbocycles. The Morgan fingerprint density at radius 3 is 2.87 bits per heavy atom. The molecule has 1 heterocycles. The van der Waals surface area contributed by atoms with Gasteiger partial charge in [-0.25, -0.2) is 0 Å². The third-order valence-corrected chi connectivity index (χ3v) is 3.00. The smallest absolute Gasteiger partial charge is 0.0415 e. The Bertz CT molecular complexity index is 435. The first-order valence-corrected chi connectivity index (χ1v) is 5.95. The van der Waals surface area contributed by atoms with E-state index in [4.69, 9.17) is 0 Å². The summed E-state index contributed by atoms with van der Waals surface area (Å²) < 4.78 is 1.28. The number of aryl methyl sites for hydroxylation is 1. The van der Waals surface area contributed by atoms with Gasteiger partial charge < -0.3 is 10.3 Å². The summed E-state index contributed by atoms with van der Waals surface area (Å²) in [5.41, 5.74) is 3.77. The molecule has 2 nitrogen and oxygen atoms in total. The molecule has 0 aliphatic heterocycles. The van der Waals surface area contributed by atoms with Crippen molar-refractivity contribution in [2.75, 3.05) is 5.32 Å². The third kappa shape index (κ3) is 2.75. The molecule has 0 atom stereocenters. The fraction of sp³-hybridized carbons (Fsp3) is 0.167. The van der Waals surface area contributed by atoms with Crippen LogP contribution < -0.4 is 5.32 Å². The molecule has 1 aromatic heterocycles. The van der Waals surface area contributed by atoms with Gasteiger partial charge in [-0.15, -0.1) is 0 Å². The second kappa shape index (κ2) is 4.70. The first kappa shape index (κ1) is 10.5. The predicted molar refractivity (Wildman–Crippen MR) is 72.0 cm³/mol. The number of hydrogen-bond donors (Lipinski definition) is 2. The highest BCUT2D eigenvalue weighted by Gasteiger charge is 1.98. The molecular weight excluding hydrogens is 299 g/mol. The standard InChI is InChI=1S/C12H13IN2/c1-9-6-11(13)2-3-12(9)15-8-10-4-5-14-7-10/h2-7,14-15H,8H2,1H3. The molecule has 1 aromatic carbocycles. The van der Waals surface area contributed by atoms with E-state index < -0.39 is 0 Å². The summed E-state index contributed by atoms with van der Waals surface area (Å²) in [5, 5.41) is 3.42. The van der Waals surface area contributed by atoms with Crippen LogP contribution in [0.5, 0.6) is 0 Å². The van der Waals surface area contributed by atoms with E-state index in [9.17, 15) is 0 Å². The number of halogens is 1. The van der Waals surface area contributed by atoms with Gasteiger partial charge in [-0.05, 0) is 64.9 Å². The Kier molecular flexibility index (Phi) is 3.30. The fourth-order valence-electron chi connectivity index (χ4n) is 1.49. The minimum absolute atomic E-state index is 0.866. The first-order chi connectivity index (χ1) is 7.25. The topological polar surface area (TPSA) is 27.8 Å². The highest BCUT2D eigenvalue weighted by molar-refractivity contribution is 14.1. The van der Waals surface area contributed by atoms with Gasteiger partial charge in [0.2, 0.25) is 0 Å². The molecule has 0 amide bonds. The van der Waals surface area contributed by atoms with Crippen LogP contribution in [0.15, 0.2) is 36.7 Å². The minimum Gasteiger partial charge on any atom is -0.381 e. The number of aromatic nitrogens is 1. The normalized spacial score (nSPS) is 10.3. The van der Waals surface area contributed by atoms with Crippen LogP contribution in [-0.2, 0) is 6.54 Å². The summed E-state index contributed by atoms with van der Waals surface area (Å²) in [7, 11) is 0. The summed E-state index contributed by atoms with van der Waals surface area (Å²) in [6.07, 6.45) is 3.95. The Hall–Kier alpha value is -0.970. The Morgan fingerprint density at radius 1 is 1.33 bits per heavy atom. The molecule has 0 bridgehead atoms. The van der Waals surface area contributed by atoms with Crippen molar-refractivity contribution < 1.29 is 0 Å². The van der Waals surface area contributed by atoms with Gasteiger partial charge in [0.05, 0.1) is 0 Å². The second-order valence-electron chi connectivity index (χ2n) is 3.53. The van der Waals surface area contributed by atoms with Gasteiger partial charge in [0.15, 0.2) is 0 Å². The lowest BCUT2D eigenvalue weighted by Crippen LogP contribution is -1.99. The monoisotopic (exact) mass is 312 g/mol. The van der Waals surface area contributed by atoms with Crippen molar-refractivity contribution in [1.82, 2.24) is 4.98 Å². The summed E-state index contributed by atoms with van der Waals surface area (Å²) in [4.78, 5) is 3.05. The molecule has 0 unspecified atom stereocenters. The highest BCUT2D eigenvalue weighted by atomic mass is 127. The van der Waals surface area contributed by atoms with Crippen molar-refractivity contribution in [3.05, 3.63) is 51.4 Å². The zero-order valence-electron chi connectivity index (χ0n) is 8.55. The molecule has 15 heavy (non-hydrogen) atoms. The number of hydrogen-bond acceptors (Lipinski definition) is 1. The van der Waals surface area contributed by atoms with Crippen molar-refractivity contribution in [2.45, 2.75) is 13.5 Å². The van der Waals surface area contributed by atoms with Crippen LogP contribution in [0.25, 0.3) is 0 Å². The number of H-pyrrole nitrogens is 1. The molecule has 0 spiro atoms. The Balaban J connectivity index is 2.05. The van der Waals surface area contributed by atoms with Crippen LogP contribution in [-0.4, -0.2) is 4.98 Å². The average molecular weight is 312 g/mol. The van der Waals surface area contributed by atoms with Gasteiger partial charge in [-0.1, -0.05) is 0 Å². The summed E-state index contributed by atoms with van der Waals surface area (Å²) in [6.45, 7) is 2.99. The quantitative estimate of drug-likeness (QED) is 0.834. The number of rotatable bonds is 3. The van der Waals surface area contributed by atoms with E-state index in [0.29, 0.717) is 0 Å². The molecule has 0 fully saturated rings. The molecule has 2 rings (SSSR count). The van der Waals surface area contributed by atoms with Gasteiger partial charge >= 0.3 is 0 Å². The zero-order valence-corrected chi connectivity index (χ0v) is 10.7. The largest absolute Gasteiger partial charge is 0.381 e. The van der Waals surface area contributed by atoms with Gasteiger partial charge in [-0.3, -0.25) is 0 Å². The van der Waals surface area contributed by atoms with E-state index in [1.807, 2.05) is 12.4 Å². The minimum atomic E-state index is 0.866. The average Bonchev–Trinajstić information content (AvgIpc) is 2.69. The third-order valence-electron chi connectivity index (χ3n) is 2.33. The van der Waals surface area contributed by atoms with Crippen molar-refractivity contribution >= 4 is 28.3 Å². The number of nitrogens with one attached hydrogen (secondary N) is 2. The van der Waals surface area contributed by atoms with E-state index in [1.54, 1.807) is 0 Å². The van der Waals surface area contributed by atoms with Crippen LogP contribution in [0.3, 0.4) is 0 Å². The number of anilines is 1. The summed E-state index contributed by atoms with van der Waals surface area (Å²) in [5.74, 6) is 0. The second-order valence-corrected chi connectivity index (χ2v) is 4.78. The van der Waals surface area contributed by atoms with Gasteiger partial charge in [0.25, 0.3) is 0 Å². The first-order valence-electron chi connectivity index (χ1n) is 4.87. The zero-order chi connectivity index (χ0) is 10.7. The maximum Gasteiger partial charge on any atom is 0.0415 e. The van der Waals surface area contributed by atoms with E-state index in [-0.39, 0.29) is 0 Å². The maximum absolute atomic E-state index is 3.42. The van der Waals surface area contributed by atoms with Gasteiger partial charge in [0, 0.05) is 28.2 Å². The highest BCUT2D eigenvalue weighted by Crippen LogP contribution is 2.18. The predicted octanol–water partition coefficient (Wildman–Crippen LogP) is 3.54. The molecule has 0 saturated carbocycles. The number of benzene rings is 1. The van der Waals surface area contributed by atoms with Gasteiger partial charge in [0.1, 0.15) is 0 Å². The van der Waals surface area contributed by atoms with Gasteiger partial charge in [-0.2, -0.15) is 0 Å². The molecule has 78 valence electrons.